The third-order valence-electron chi connectivity index (χ3n) is 3.93. The van der Waals surface area contributed by atoms with Crippen LogP contribution in [0.25, 0.3) is 0 Å². The smallest absolute Gasteiger partial charge is 0.408 e. The van der Waals surface area contributed by atoms with E-state index in [1.165, 1.54) is 17.0 Å². The van der Waals surface area contributed by atoms with Crippen LogP contribution in [0.5, 0.6) is 0 Å². The molecular formula is C18H25FN2O4. The lowest BCUT2D eigenvalue weighted by Crippen LogP contribution is -2.43. The Kier molecular flexibility index (Phi) is 5.67. The highest BCUT2D eigenvalue weighted by Crippen LogP contribution is 2.28. The minimum Gasteiger partial charge on any atom is -0.444 e. The molecule has 1 saturated heterocycles. The molecule has 6 nitrogen and oxygen atoms in total. The maximum atomic E-state index is 14.4. The molecule has 1 aromatic carbocycles. The first-order valence-electron chi connectivity index (χ1n) is 8.40. The summed E-state index contributed by atoms with van der Waals surface area (Å²) in [6, 6.07) is 3.59. The van der Waals surface area contributed by atoms with E-state index in [4.69, 9.17) is 4.74 Å². The highest BCUT2D eigenvalue weighted by molar-refractivity contribution is 6.01. The Balaban J connectivity index is 2.08. The van der Waals surface area contributed by atoms with Crippen LogP contribution in [0, 0.1) is 5.82 Å². The monoisotopic (exact) mass is 352 g/mol. The molecule has 1 aliphatic heterocycles. The van der Waals surface area contributed by atoms with Crippen molar-refractivity contribution in [2.75, 3.05) is 11.4 Å². The van der Waals surface area contributed by atoms with Crippen molar-refractivity contribution < 1.29 is 23.8 Å². The van der Waals surface area contributed by atoms with E-state index in [1.54, 1.807) is 33.8 Å². The second kappa shape index (κ2) is 7.39. The van der Waals surface area contributed by atoms with Gasteiger partial charge in [-0.1, -0.05) is 13.0 Å². The van der Waals surface area contributed by atoms with Gasteiger partial charge in [-0.05, 0) is 51.3 Å². The number of alkyl carbamates (subject to hydrolysis) is 1. The van der Waals surface area contributed by atoms with Crippen molar-refractivity contribution in [3.8, 4) is 0 Å². The van der Waals surface area contributed by atoms with Crippen molar-refractivity contribution in [3.63, 3.8) is 0 Å². The van der Waals surface area contributed by atoms with Crippen molar-refractivity contribution in [2.45, 2.75) is 58.3 Å². The number of halogens is 1. The number of rotatable bonds is 4. The summed E-state index contributed by atoms with van der Waals surface area (Å²) in [6.07, 6.45) is -0.561. The van der Waals surface area contributed by atoms with Gasteiger partial charge in [-0.2, -0.15) is 0 Å². The third kappa shape index (κ3) is 4.69. The van der Waals surface area contributed by atoms with Crippen LogP contribution in [0.15, 0.2) is 18.2 Å². The Morgan fingerprint density at radius 3 is 2.72 bits per heavy atom. The number of amides is 2. The van der Waals surface area contributed by atoms with Crippen LogP contribution in [0.3, 0.4) is 0 Å². The fourth-order valence-electron chi connectivity index (χ4n) is 2.69. The molecule has 1 aromatic rings. The van der Waals surface area contributed by atoms with Crippen molar-refractivity contribution in [1.82, 2.24) is 5.32 Å². The van der Waals surface area contributed by atoms with Crippen molar-refractivity contribution >= 4 is 17.7 Å². The number of hydrogen-bond acceptors (Lipinski definition) is 4. The molecule has 1 unspecified atom stereocenters. The molecule has 1 fully saturated rings. The Morgan fingerprint density at radius 2 is 2.16 bits per heavy atom. The first-order valence-corrected chi connectivity index (χ1v) is 8.40. The summed E-state index contributed by atoms with van der Waals surface area (Å²) in [7, 11) is 0. The molecule has 0 saturated carbocycles. The summed E-state index contributed by atoms with van der Waals surface area (Å²) < 4.78 is 19.5. The lowest BCUT2D eigenvalue weighted by molar-refractivity contribution is -0.118. The first-order chi connectivity index (χ1) is 11.6. The number of benzene rings is 1. The Hall–Kier alpha value is -2.15. The molecule has 2 rings (SSSR count). The zero-order valence-electron chi connectivity index (χ0n) is 15.0. The fraction of sp³-hybridized carbons (Fsp3) is 0.556. The molecule has 0 aromatic heterocycles. The molecule has 2 atom stereocenters. The van der Waals surface area contributed by atoms with Crippen LogP contribution in [0.4, 0.5) is 14.9 Å². The van der Waals surface area contributed by atoms with E-state index in [-0.39, 0.29) is 11.6 Å². The summed E-state index contributed by atoms with van der Waals surface area (Å²) in [5.74, 6) is -0.954. The fourth-order valence-corrected chi connectivity index (χ4v) is 2.69. The quantitative estimate of drug-likeness (QED) is 0.873. The lowest BCUT2D eigenvalue weighted by Gasteiger charge is -2.22. The summed E-state index contributed by atoms with van der Waals surface area (Å²) in [5, 5.41) is 12.3. The Bertz CT molecular complexity index is 657. The zero-order chi connectivity index (χ0) is 18.8. The molecule has 1 aliphatic rings. The van der Waals surface area contributed by atoms with Gasteiger partial charge in [0.25, 0.3) is 0 Å². The van der Waals surface area contributed by atoms with Gasteiger partial charge in [-0.15, -0.1) is 0 Å². The van der Waals surface area contributed by atoms with Crippen molar-refractivity contribution in [2.24, 2.45) is 0 Å². The second-order valence-corrected chi connectivity index (χ2v) is 7.11. The number of ether oxygens (including phenoxy) is 1. The zero-order valence-corrected chi connectivity index (χ0v) is 15.0. The summed E-state index contributed by atoms with van der Waals surface area (Å²) in [6.45, 7) is 7.30. The maximum absolute atomic E-state index is 14.4. The largest absolute Gasteiger partial charge is 0.444 e. The van der Waals surface area contributed by atoms with Crippen LogP contribution >= 0.6 is 0 Å². The number of hydrogen-bond donors (Lipinski definition) is 2. The number of carbonyl (C=O) groups excluding carboxylic acids is 2. The number of aliphatic hydroxyl groups is 1. The van der Waals surface area contributed by atoms with E-state index in [2.05, 4.69) is 5.32 Å². The van der Waals surface area contributed by atoms with Crippen LogP contribution < -0.4 is 10.2 Å². The minimum atomic E-state index is -0.741. The standard InChI is InChI=1S/C18H25FN2O4/c1-5-15(22)11-6-7-14(12(19)10-11)21-9-8-13(16(21)23)20-17(24)25-18(2,3)4/h6-7,10,13,15,22H,5,8-9H2,1-4H3,(H,20,24)/t13-,15?/m0/s1. The normalized spacial score (nSPS) is 19.0. The first kappa shape index (κ1) is 19.2. The number of aliphatic hydroxyl groups excluding tert-OH is 1. The van der Waals surface area contributed by atoms with E-state index in [0.29, 0.717) is 24.9 Å². The van der Waals surface area contributed by atoms with E-state index < -0.39 is 29.7 Å². The highest BCUT2D eigenvalue weighted by Gasteiger charge is 2.35. The Labute approximate surface area is 147 Å². The maximum Gasteiger partial charge on any atom is 0.408 e. The summed E-state index contributed by atoms with van der Waals surface area (Å²) in [4.78, 5) is 25.6. The third-order valence-corrected chi connectivity index (χ3v) is 3.93. The number of nitrogens with zero attached hydrogens (tertiary/aromatic N) is 1. The molecule has 0 radical (unpaired) electrons. The Morgan fingerprint density at radius 1 is 1.48 bits per heavy atom. The SMILES string of the molecule is CCC(O)c1ccc(N2CC[C@H](NC(=O)OC(C)(C)C)C2=O)c(F)c1. The van der Waals surface area contributed by atoms with Crippen LogP contribution in [-0.4, -0.2) is 35.3 Å². The van der Waals surface area contributed by atoms with E-state index in [0.717, 1.165) is 0 Å². The van der Waals surface area contributed by atoms with Gasteiger partial charge >= 0.3 is 6.09 Å². The van der Waals surface area contributed by atoms with Gasteiger partial charge in [-0.3, -0.25) is 4.79 Å². The minimum absolute atomic E-state index is 0.144. The van der Waals surface area contributed by atoms with Gasteiger partial charge in [0.1, 0.15) is 17.5 Å². The predicted molar refractivity (Wildman–Crippen MR) is 91.8 cm³/mol. The molecule has 7 heteroatoms. The second-order valence-electron chi connectivity index (χ2n) is 7.11. The van der Waals surface area contributed by atoms with E-state index >= 15 is 0 Å². The van der Waals surface area contributed by atoms with Crippen LogP contribution in [0.1, 0.15) is 52.2 Å². The number of anilines is 1. The summed E-state index contributed by atoms with van der Waals surface area (Å²) in [5.41, 5.74) is -0.0441. The predicted octanol–water partition coefficient (Wildman–Crippen LogP) is 2.90. The van der Waals surface area contributed by atoms with Crippen molar-refractivity contribution in [3.05, 3.63) is 29.6 Å². The van der Waals surface area contributed by atoms with Gasteiger partial charge in [0.2, 0.25) is 5.91 Å². The molecule has 0 spiro atoms. The lowest BCUT2D eigenvalue weighted by atomic mass is 10.1. The molecule has 2 N–H and O–H groups in total. The number of carbonyl (C=O) groups is 2. The topological polar surface area (TPSA) is 78.9 Å². The van der Waals surface area contributed by atoms with Crippen LogP contribution in [0.2, 0.25) is 0 Å². The molecule has 0 aliphatic carbocycles. The van der Waals surface area contributed by atoms with Gasteiger partial charge in [0.15, 0.2) is 0 Å². The molecule has 1 heterocycles. The summed E-state index contributed by atoms with van der Waals surface area (Å²) >= 11 is 0. The molecule has 2 amide bonds. The average molecular weight is 352 g/mol. The number of nitrogens with one attached hydrogen (secondary N) is 1. The highest BCUT2D eigenvalue weighted by atomic mass is 19.1. The van der Waals surface area contributed by atoms with Gasteiger partial charge in [0.05, 0.1) is 11.8 Å². The van der Waals surface area contributed by atoms with E-state index in [1.807, 2.05) is 0 Å². The van der Waals surface area contributed by atoms with Crippen LogP contribution in [-0.2, 0) is 9.53 Å². The van der Waals surface area contributed by atoms with Gasteiger partial charge in [-0.25, -0.2) is 9.18 Å². The van der Waals surface area contributed by atoms with E-state index in [9.17, 15) is 19.1 Å². The van der Waals surface area contributed by atoms with Crippen molar-refractivity contribution in [1.29, 1.82) is 0 Å². The molecular weight excluding hydrogens is 327 g/mol. The van der Waals surface area contributed by atoms with Gasteiger partial charge in [0, 0.05) is 6.54 Å². The van der Waals surface area contributed by atoms with Gasteiger partial charge < -0.3 is 20.1 Å². The molecule has 138 valence electrons. The average Bonchev–Trinajstić information content (AvgIpc) is 2.85. The molecule has 0 bridgehead atoms. The molecule has 25 heavy (non-hydrogen) atoms.